The van der Waals surface area contributed by atoms with Crippen LogP contribution in [0.5, 0.6) is 0 Å². The van der Waals surface area contributed by atoms with Gasteiger partial charge >= 0.3 is 0 Å². The molecule has 5 heteroatoms. The van der Waals surface area contributed by atoms with Crippen LogP contribution in [0.4, 0.5) is 5.82 Å². The Hall–Kier alpha value is -1.62. The van der Waals surface area contributed by atoms with Crippen LogP contribution in [0.1, 0.15) is 0 Å². The van der Waals surface area contributed by atoms with E-state index in [4.69, 9.17) is 5.73 Å². The number of aryl methyl sites for hydroxylation is 1. The molecule has 0 spiro atoms. The molecular formula is C11H15N5. The van der Waals surface area contributed by atoms with Crippen LogP contribution in [-0.2, 0) is 7.05 Å². The summed E-state index contributed by atoms with van der Waals surface area (Å²) in [5.74, 6) is 1.60. The van der Waals surface area contributed by atoms with Gasteiger partial charge in [-0.3, -0.25) is 0 Å². The molecule has 0 saturated carbocycles. The van der Waals surface area contributed by atoms with Gasteiger partial charge in [-0.05, 0) is 12.6 Å². The second kappa shape index (κ2) is 3.45. The third kappa shape index (κ3) is 1.28. The van der Waals surface area contributed by atoms with Gasteiger partial charge in [0.05, 0.1) is 11.8 Å². The zero-order valence-corrected chi connectivity index (χ0v) is 9.30. The quantitative estimate of drug-likeness (QED) is 0.789. The van der Waals surface area contributed by atoms with Crippen LogP contribution < -0.4 is 10.6 Å². The van der Waals surface area contributed by atoms with Crippen molar-refractivity contribution in [2.75, 3.05) is 24.5 Å². The Morgan fingerprint density at radius 1 is 1.44 bits per heavy atom. The van der Waals surface area contributed by atoms with Crippen LogP contribution in [0.3, 0.4) is 0 Å². The molecule has 0 radical (unpaired) electrons. The molecule has 0 bridgehead atoms. The van der Waals surface area contributed by atoms with Gasteiger partial charge in [0.1, 0.15) is 5.52 Å². The first kappa shape index (κ1) is 9.59. The van der Waals surface area contributed by atoms with Gasteiger partial charge in [-0.15, -0.1) is 0 Å². The molecule has 1 aliphatic rings. The highest BCUT2D eigenvalue weighted by atomic mass is 15.3. The maximum atomic E-state index is 5.62. The summed E-state index contributed by atoms with van der Waals surface area (Å²) >= 11 is 0. The number of hydrogen-bond donors (Lipinski definition) is 1. The van der Waals surface area contributed by atoms with E-state index in [9.17, 15) is 0 Å². The van der Waals surface area contributed by atoms with E-state index in [2.05, 4.69) is 14.9 Å². The SMILES string of the molecule is Cn1cnc2c(N3CC(CN)C3)nccc21. The van der Waals surface area contributed by atoms with Crippen LogP contribution >= 0.6 is 0 Å². The molecule has 0 aromatic carbocycles. The summed E-state index contributed by atoms with van der Waals surface area (Å²) in [4.78, 5) is 11.1. The van der Waals surface area contributed by atoms with Crippen LogP contribution in [-0.4, -0.2) is 34.2 Å². The molecule has 2 aromatic heterocycles. The summed E-state index contributed by atoms with van der Waals surface area (Å²) in [5.41, 5.74) is 7.74. The Kier molecular flexibility index (Phi) is 2.07. The van der Waals surface area contributed by atoms with Gasteiger partial charge in [0.2, 0.25) is 0 Å². The Morgan fingerprint density at radius 3 is 3.00 bits per heavy atom. The van der Waals surface area contributed by atoms with E-state index in [0.29, 0.717) is 5.92 Å². The van der Waals surface area contributed by atoms with Crippen molar-refractivity contribution < 1.29 is 0 Å². The Balaban J connectivity index is 1.98. The maximum absolute atomic E-state index is 5.62. The number of rotatable bonds is 2. The normalized spacial score (nSPS) is 16.8. The minimum absolute atomic E-state index is 0.612. The van der Waals surface area contributed by atoms with Gasteiger partial charge in [0.25, 0.3) is 0 Å². The van der Waals surface area contributed by atoms with E-state index in [1.54, 1.807) is 0 Å². The zero-order valence-electron chi connectivity index (χ0n) is 9.30. The number of nitrogens with two attached hydrogens (primary N) is 1. The van der Waals surface area contributed by atoms with Crippen molar-refractivity contribution in [2.24, 2.45) is 18.7 Å². The molecule has 0 unspecified atom stereocenters. The van der Waals surface area contributed by atoms with Gasteiger partial charge in [0.15, 0.2) is 5.82 Å². The van der Waals surface area contributed by atoms with Crippen LogP contribution in [0, 0.1) is 5.92 Å². The average molecular weight is 217 g/mol. The molecular weight excluding hydrogens is 202 g/mol. The fourth-order valence-corrected chi connectivity index (χ4v) is 2.17. The van der Waals surface area contributed by atoms with E-state index < -0.39 is 0 Å². The maximum Gasteiger partial charge on any atom is 0.156 e. The van der Waals surface area contributed by atoms with Crippen molar-refractivity contribution in [3.63, 3.8) is 0 Å². The third-order valence-electron chi connectivity index (χ3n) is 3.21. The van der Waals surface area contributed by atoms with Crippen LogP contribution in [0.2, 0.25) is 0 Å². The molecule has 2 N–H and O–H groups in total. The summed E-state index contributed by atoms with van der Waals surface area (Å²) in [6.45, 7) is 2.76. The first-order chi connectivity index (χ1) is 7.79. The summed E-state index contributed by atoms with van der Waals surface area (Å²) in [6.07, 6.45) is 3.67. The molecule has 84 valence electrons. The van der Waals surface area contributed by atoms with E-state index in [1.807, 2.05) is 30.2 Å². The summed E-state index contributed by atoms with van der Waals surface area (Å²) in [7, 11) is 2.00. The number of anilines is 1. The molecule has 16 heavy (non-hydrogen) atoms. The highest BCUT2D eigenvalue weighted by Crippen LogP contribution is 2.27. The topological polar surface area (TPSA) is 60.0 Å². The molecule has 3 rings (SSSR count). The fraction of sp³-hybridized carbons (Fsp3) is 0.455. The predicted octanol–water partition coefficient (Wildman–Crippen LogP) is 0.363. The van der Waals surface area contributed by atoms with E-state index in [0.717, 1.165) is 36.5 Å². The molecule has 0 aliphatic carbocycles. The monoisotopic (exact) mass is 217 g/mol. The number of nitrogens with zero attached hydrogens (tertiary/aromatic N) is 4. The lowest BCUT2D eigenvalue weighted by Crippen LogP contribution is -2.50. The van der Waals surface area contributed by atoms with Gasteiger partial charge in [-0.25, -0.2) is 9.97 Å². The van der Waals surface area contributed by atoms with E-state index in [1.165, 1.54) is 0 Å². The second-order valence-electron chi connectivity index (χ2n) is 4.36. The summed E-state index contributed by atoms with van der Waals surface area (Å²) in [6, 6.07) is 1.99. The molecule has 1 saturated heterocycles. The predicted molar refractivity (Wildman–Crippen MR) is 63.3 cm³/mol. The van der Waals surface area contributed by atoms with Crippen molar-refractivity contribution in [3.05, 3.63) is 18.6 Å². The summed E-state index contributed by atoms with van der Waals surface area (Å²) in [5, 5.41) is 0. The standard InChI is InChI=1S/C11H15N5/c1-15-7-14-10-9(15)2-3-13-11(10)16-5-8(4-12)6-16/h2-3,7-8H,4-6,12H2,1H3. The minimum Gasteiger partial charge on any atom is -0.354 e. The van der Waals surface area contributed by atoms with Crippen molar-refractivity contribution in [1.29, 1.82) is 0 Å². The number of fused-ring (bicyclic) bond motifs is 1. The van der Waals surface area contributed by atoms with Gasteiger partial charge in [0, 0.05) is 32.3 Å². The zero-order chi connectivity index (χ0) is 11.1. The molecule has 2 aromatic rings. The summed E-state index contributed by atoms with van der Waals surface area (Å²) < 4.78 is 2.01. The smallest absolute Gasteiger partial charge is 0.156 e. The molecule has 0 amide bonds. The van der Waals surface area contributed by atoms with Crippen LogP contribution in [0.25, 0.3) is 11.0 Å². The van der Waals surface area contributed by atoms with Crippen molar-refractivity contribution in [3.8, 4) is 0 Å². The van der Waals surface area contributed by atoms with Crippen molar-refractivity contribution in [1.82, 2.24) is 14.5 Å². The first-order valence-electron chi connectivity index (χ1n) is 5.50. The van der Waals surface area contributed by atoms with E-state index >= 15 is 0 Å². The Labute approximate surface area is 93.9 Å². The highest BCUT2D eigenvalue weighted by molar-refractivity contribution is 5.86. The highest BCUT2D eigenvalue weighted by Gasteiger charge is 2.28. The molecule has 1 aliphatic heterocycles. The van der Waals surface area contributed by atoms with Gasteiger partial charge in [-0.2, -0.15) is 0 Å². The minimum atomic E-state index is 0.612. The number of imidazole rings is 1. The van der Waals surface area contributed by atoms with Crippen molar-refractivity contribution in [2.45, 2.75) is 0 Å². The van der Waals surface area contributed by atoms with Gasteiger partial charge < -0.3 is 15.2 Å². The lowest BCUT2D eigenvalue weighted by molar-refractivity contribution is 0.418. The number of pyridine rings is 1. The first-order valence-corrected chi connectivity index (χ1v) is 5.50. The molecule has 1 fully saturated rings. The number of aromatic nitrogens is 3. The fourth-order valence-electron chi connectivity index (χ4n) is 2.17. The second-order valence-corrected chi connectivity index (χ2v) is 4.36. The molecule has 5 nitrogen and oxygen atoms in total. The van der Waals surface area contributed by atoms with Gasteiger partial charge in [-0.1, -0.05) is 0 Å². The lowest BCUT2D eigenvalue weighted by Gasteiger charge is -2.39. The average Bonchev–Trinajstić information content (AvgIpc) is 2.60. The Bertz CT molecular complexity index is 512. The lowest BCUT2D eigenvalue weighted by atomic mass is 10.0. The Morgan fingerprint density at radius 2 is 2.25 bits per heavy atom. The number of hydrogen-bond acceptors (Lipinski definition) is 4. The molecule has 0 atom stereocenters. The third-order valence-corrected chi connectivity index (χ3v) is 3.21. The van der Waals surface area contributed by atoms with Crippen LogP contribution in [0.15, 0.2) is 18.6 Å². The van der Waals surface area contributed by atoms with E-state index in [-0.39, 0.29) is 0 Å². The molecule has 3 heterocycles. The van der Waals surface area contributed by atoms with Crippen molar-refractivity contribution >= 4 is 16.9 Å². The largest absolute Gasteiger partial charge is 0.354 e.